The minimum absolute atomic E-state index is 0.155. The van der Waals surface area contributed by atoms with Gasteiger partial charge < -0.3 is 20.7 Å². The summed E-state index contributed by atoms with van der Waals surface area (Å²) in [5, 5.41) is 17.0. The summed E-state index contributed by atoms with van der Waals surface area (Å²) in [6, 6.07) is 9.46. The number of rotatable bonds is 7. The van der Waals surface area contributed by atoms with Gasteiger partial charge in [-0.1, -0.05) is 18.3 Å². The Morgan fingerprint density at radius 1 is 1.15 bits per heavy atom. The number of urea groups is 1. The molecule has 204 valence electrons. The van der Waals surface area contributed by atoms with Gasteiger partial charge in [0.2, 0.25) is 17.7 Å². The fourth-order valence-electron chi connectivity index (χ4n) is 5.48. The van der Waals surface area contributed by atoms with E-state index in [1.165, 1.54) is 17.8 Å². The second-order valence-electron chi connectivity index (χ2n) is 9.83. The molecule has 4 amide bonds. The molecule has 2 aliphatic heterocycles. The van der Waals surface area contributed by atoms with Crippen molar-refractivity contribution in [2.75, 3.05) is 4.90 Å². The number of carbonyl (C=O) groups excluding carboxylic acids is 3. The number of hydrogen-bond donors (Lipinski definition) is 3. The molecule has 40 heavy (non-hydrogen) atoms. The van der Waals surface area contributed by atoms with Crippen LogP contribution in [0.1, 0.15) is 36.4 Å². The van der Waals surface area contributed by atoms with Crippen molar-refractivity contribution in [3.63, 3.8) is 0 Å². The van der Waals surface area contributed by atoms with Gasteiger partial charge in [-0.15, -0.1) is 5.10 Å². The number of anilines is 2. The Kier molecular flexibility index (Phi) is 6.84. The van der Waals surface area contributed by atoms with Gasteiger partial charge in [0, 0.05) is 36.1 Å². The average Bonchev–Trinajstić information content (AvgIpc) is 3.55. The second-order valence-corrected chi connectivity index (χ2v) is 11.0. The lowest BCUT2D eigenvalue weighted by molar-refractivity contribution is -0.122. The third-order valence-corrected chi connectivity index (χ3v) is 8.59. The first kappa shape index (κ1) is 25.8. The minimum Gasteiger partial charge on any atom is -0.438 e. The maximum Gasteiger partial charge on any atom is 0.327 e. The van der Waals surface area contributed by atoms with Crippen molar-refractivity contribution in [3.8, 4) is 11.6 Å². The van der Waals surface area contributed by atoms with Crippen molar-refractivity contribution >= 4 is 41.0 Å². The van der Waals surface area contributed by atoms with Gasteiger partial charge in [0.25, 0.3) is 0 Å². The summed E-state index contributed by atoms with van der Waals surface area (Å²) in [6.07, 6.45) is 6.90. The molecule has 12 heteroatoms. The van der Waals surface area contributed by atoms with Gasteiger partial charge in [-0.3, -0.25) is 14.5 Å². The summed E-state index contributed by atoms with van der Waals surface area (Å²) in [6.45, 7) is 5.40. The van der Waals surface area contributed by atoms with Crippen LogP contribution in [0.25, 0.3) is 0 Å². The molecular formula is C28H27N7O4S. The highest BCUT2D eigenvalue weighted by Crippen LogP contribution is 2.51. The van der Waals surface area contributed by atoms with Crippen LogP contribution in [0.5, 0.6) is 11.6 Å². The summed E-state index contributed by atoms with van der Waals surface area (Å²) in [7, 11) is 0. The van der Waals surface area contributed by atoms with Crippen LogP contribution in [0.2, 0.25) is 0 Å². The topological polar surface area (TPSA) is 138 Å². The molecule has 3 aromatic rings. The lowest BCUT2D eigenvalue weighted by atomic mass is 9.99. The standard InChI is InChI=1S/C28H27N7O4S/c1-3-21(36)31-17-6-4-7-18(17)32-26(37)25-24-23-20(11-13-29-27(23)40-25)35(28(38)33-24)19-10-9-16(14-15(19)2)39-22-8-5-12-30-34-22/h3,5,8-14,17-18,24-25H,1,4,6-7H2,2H3,(H,31,36)(H,32,37)(H,33,38)/t17-,18+,24?,25?/m0/s1. The van der Waals surface area contributed by atoms with E-state index in [1.54, 1.807) is 41.6 Å². The molecule has 1 saturated carbocycles. The molecule has 3 aliphatic rings. The minimum atomic E-state index is -0.588. The molecule has 4 atom stereocenters. The second kappa shape index (κ2) is 10.6. The third-order valence-electron chi connectivity index (χ3n) is 7.30. The van der Waals surface area contributed by atoms with E-state index in [4.69, 9.17) is 4.74 Å². The zero-order valence-electron chi connectivity index (χ0n) is 21.7. The molecule has 0 saturated heterocycles. The molecule has 6 rings (SSSR count). The zero-order chi connectivity index (χ0) is 27.8. The lowest BCUT2D eigenvalue weighted by Gasteiger charge is -2.35. The van der Waals surface area contributed by atoms with Gasteiger partial charge >= 0.3 is 6.03 Å². The summed E-state index contributed by atoms with van der Waals surface area (Å²) in [5.74, 6) is 0.484. The Bertz CT molecular complexity index is 1500. The number of nitrogens with zero attached hydrogens (tertiary/aromatic N) is 4. The van der Waals surface area contributed by atoms with Crippen LogP contribution in [0.4, 0.5) is 16.2 Å². The molecule has 3 N–H and O–H groups in total. The van der Waals surface area contributed by atoms with Crippen molar-refractivity contribution in [2.45, 2.75) is 54.6 Å². The van der Waals surface area contributed by atoms with Crippen molar-refractivity contribution in [1.82, 2.24) is 31.1 Å². The van der Waals surface area contributed by atoms with Crippen molar-refractivity contribution in [2.24, 2.45) is 0 Å². The number of aromatic nitrogens is 3. The van der Waals surface area contributed by atoms with Crippen LogP contribution in [-0.2, 0) is 9.59 Å². The quantitative estimate of drug-likeness (QED) is 0.374. The number of nitrogens with one attached hydrogen (secondary N) is 3. The number of amides is 4. The summed E-state index contributed by atoms with van der Waals surface area (Å²) in [5.41, 5.74) is 2.99. The first-order valence-electron chi connectivity index (χ1n) is 13.0. The summed E-state index contributed by atoms with van der Waals surface area (Å²) in [4.78, 5) is 45.0. The van der Waals surface area contributed by atoms with Gasteiger partial charge in [-0.25, -0.2) is 9.78 Å². The van der Waals surface area contributed by atoms with E-state index in [-0.39, 0.29) is 29.9 Å². The molecule has 0 radical (unpaired) electrons. The fraction of sp³-hybridized carbons (Fsp3) is 0.286. The fourth-order valence-corrected chi connectivity index (χ4v) is 6.72. The Morgan fingerprint density at radius 2 is 1.98 bits per heavy atom. The van der Waals surface area contributed by atoms with Crippen LogP contribution in [-0.4, -0.2) is 50.4 Å². The number of benzene rings is 1. The first-order valence-corrected chi connectivity index (χ1v) is 13.9. The zero-order valence-corrected chi connectivity index (χ0v) is 22.5. The molecule has 2 aromatic heterocycles. The molecule has 2 unspecified atom stereocenters. The number of aryl methyl sites for hydroxylation is 1. The normalized spacial score (nSPS) is 22.7. The van der Waals surface area contributed by atoms with E-state index in [1.807, 2.05) is 19.1 Å². The first-order chi connectivity index (χ1) is 19.4. The van der Waals surface area contributed by atoms with Crippen molar-refractivity contribution in [3.05, 3.63) is 72.6 Å². The predicted molar refractivity (Wildman–Crippen MR) is 148 cm³/mol. The van der Waals surface area contributed by atoms with E-state index in [2.05, 4.69) is 37.7 Å². The van der Waals surface area contributed by atoms with Gasteiger partial charge in [0.15, 0.2) is 0 Å². The van der Waals surface area contributed by atoms with E-state index in [9.17, 15) is 14.4 Å². The summed E-state index contributed by atoms with van der Waals surface area (Å²) < 4.78 is 5.80. The molecule has 11 nitrogen and oxygen atoms in total. The van der Waals surface area contributed by atoms with E-state index in [0.717, 1.165) is 30.4 Å². The van der Waals surface area contributed by atoms with Crippen LogP contribution in [0.15, 0.2) is 66.5 Å². The molecule has 1 fully saturated rings. The SMILES string of the molecule is C=CC(=O)N[C@H]1CCC[C@H]1NC(=O)C1Sc2nccc3c2C1NC(=O)N3c1ccc(Oc2cccnn2)cc1C. The molecule has 0 spiro atoms. The number of ether oxygens (including phenoxy) is 1. The van der Waals surface area contributed by atoms with Crippen molar-refractivity contribution in [1.29, 1.82) is 0 Å². The highest BCUT2D eigenvalue weighted by atomic mass is 32.2. The highest BCUT2D eigenvalue weighted by molar-refractivity contribution is 8.01. The highest BCUT2D eigenvalue weighted by Gasteiger charge is 2.47. The predicted octanol–water partition coefficient (Wildman–Crippen LogP) is 3.69. The number of thioether (sulfide) groups is 1. The Morgan fingerprint density at radius 3 is 2.73 bits per heavy atom. The number of hydrogen-bond acceptors (Lipinski definition) is 8. The van der Waals surface area contributed by atoms with Crippen LogP contribution in [0.3, 0.4) is 0 Å². The largest absolute Gasteiger partial charge is 0.438 e. The Hall–Kier alpha value is -4.45. The van der Waals surface area contributed by atoms with Crippen LogP contribution in [0, 0.1) is 6.92 Å². The van der Waals surface area contributed by atoms with Crippen molar-refractivity contribution < 1.29 is 19.1 Å². The smallest absolute Gasteiger partial charge is 0.327 e. The van der Waals surface area contributed by atoms with Gasteiger partial charge in [-0.2, -0.15) is 5.10 Å². The third kappa shape index (κ3) is 4.75. The van der Waals surface area contributed by atoms with E-state index < -0.39 is 11.3 Å². The van der Waals surface area contributed by atoms with Crippen LogP contribution < -0.4 is 25.6 Å². The molecular weight excluding hydrogens is 530 g/mol. The molecule has 0 bridgehead atoms. The summed E-state index contributed by atoms with van der Waals surface area (Å²) >= 11 is 1.34. The van der Waals surface area contributed by atoms with E-state index in [0.29, 0.717) is 28.0 Å². The van der Waals surface area contributed by atoms with Gasteiger partial charge in [-0.05, 0) is 68.2 Å². The molecule has 4 heterocycles. The lowest BCUT2D eigenvalue weighted by Crippen LogP contribution is -2.53. The Balaban J connectivity index is 1.23. The van der Waals surface area contributed by atoms with E-state index >= 15 is 0 Å². The molecule has 1 aromatic carbocycles. The maximum absolute atomic E-state index is 13.5. The Labute approximate surface area is 234 Å². The van der Waals surface area contributed by atoms with Gasteiger partial charge in [0.1, 0.15) is 16.0 Å². The monoisotopic (exact) mass is 557 g/mol. The number of carbonyl (C=O) groups is 3. The van der Waals surface area contributed by atoms with Crippen LogP contribution >= 0.6 is 11.8 Å². The number of pyridine rings is 1. The molecule has 1 aliphatic carbocycles. The maximum atomic E-state index is 13.5. The average molecular weight is 558 g/mol. The van der Waals surface area contributed by atoms with Gasteiger partial charge in [0.05, 0.1) is 17.4 Å².